The predicted molar refractivity (Wildman–Crippen MR) is 103 cm³/mol. The summed E-state index contributed by atoms with van der Waals surface area (Å²) in [5, 5.41) is 4.31. The van der Waals surface area contributed by atoms with Crippen LogP contribution in [0.3, 0.4) is 0 Å². The van der Waals surface area contributed by atoms with Gasteiger partial charge in [-0.3, -0.25) is 5.43 Å². The fourth-order valence-electron chi connectivity index (χ4n) is 2.65. The van der Waals surface area contributed by atoms with Gasteiger partial charge in [0.2, 0.25) is 0 Å². The van der Waals surface area contributed by atoms with Gasteiger partial charge in [-0.15, -0.1) is 0 Å². The van der Waals surface area contributed by atoms with E-state index >= 15 is 0 Å². The van der Waals surface area contributed by atoms with Gasteiger partial charge in [0.1, 0.15) is 0 Å². The lowest BCUT2D eigenvalue weighted by Gasteiger charge is -2.14. The van der Waals surface area contributed by atoms with E-state index in [0.29, 0.717) is 0 Å². The van der Waals surface area contributed by atoms with Crippen molar-refractivity contribution < 1.29 is 13.2 Å². The van der Waals surface area contributed by atoms with Crippen molar-refractivity contribution in [1.29, 1.82) is 0 Å². The Hall–Kier alpha value is -2.79. The van der Waals surface area contributed by atoms with Crippen LogP contribution in [0.5, 0.6) is 0 Å². The third-order valence-corrected chi connectivity index (χ3v) is 4.35. The minimum atomic E-state index is -4.44. The Morgan fingerprint density at radius 2 is 1.41 bits per heavy atom. The first kappa shape index (κ1) is 19.0. The topological polar surface area (TPSA) is 24.4 Å². The molecule has 3 rings (SSSR count). The van der Waals surface area contributed by atoms with Crippen LogP contribution in [0.15, 0.2) is 84.0 Å². The summed E-state index contributed by atoms with van der Waals surface area (Å²) >= 11 is 5.99. The second kappa shape index (κ2) is 8.27. The van der Waals surface area contributed by atoms with Gasteiger partial charge in [0.25, 0.3) is 0 Å². The van der Waals surface area contributed by atoms with Gasteiger partial charge in [0.15, 0.2) is 0 Å². The van der Waals surface area contributed by atoms with E-state index in [1.165, 1.54) is 6.07 Å². The monoisotopic (exact) mass is 388 g/mol. The average molecular weight is 389 g/mol. The summed E-state index contributed by atoms with van der Waals surface area (Å²) in [7, 11) is 0. The zero-order chi connectivity index (χ0) is 19.3. The molecule has 0 radical (unpaired) electrons. The Morgan fingerprint density at radius 3 is 1.93 bits per heavy atom. The lowest BCUT2D eigenvalue weighted by molar-refractivity contribution is -0.137. The molecule has 138 valence electrons. The summed E-state index contributed by atoms with van der Waals surface area (Å²) in [6.45, 7) is 0. The predicted octanol–water partition coefficient (Wildman–Crippen LogP) is 6.59. The molecule has 0 unspecified atom stereocenters. The van der Waals surface area contributed by atoms with E-state index in [4.69, 9.17) is 11.6 Å². The third kappa shape index (κ3) is 4.89. The highest BCUT2D eigenvalue weighted by molar-refractivity contribution is 6.33. The molecular weight excluding hydrogens is 373 g/mol. The largest absolute Gasteiger partial charge is 0.416 e. The molecule has 1 N–H and O–H groups in total. The fourth-order valence-corrected chi connectivity index (χ4v) is 2.81. The molecule has 27 heavy (non-hydrogen) atoms. The minimum Gasteiger partial charge on any atom is -0.277 e. The average Bonchev–Trinajstić information content (AvgIpc) is 2.67. The van der Waals surface area contributed by atoms with Crippen molar-refractivity contribution in [3.63, 3.8) is 0 Å². The van der Waals surface area contributed by atoms with Crippen molar-refractivity contribution in [3.8, 4) is 0 Å². The lowest BCUT2D eigenvalue weighted by atomic mass is 9.92. The number of hydrazone groups is 1. The van der Waals surface area contributed by atoms with E-state index in [0.717, 1.165) is 23.3 Å². The maximum absolute atomic E-state index is 12.9. The van der Waals surface area contributed by atoms with Crippen LogP contribution in [-0.4, -0.2) is 6.21 Å². The number of rotatable bonds is 5. The van der Waals surface area contributed by atoms with E-state index in [1.807, 2.05) is 60.7 Å². The number of benzene rings is 3. The van der Waals surface area contributed by atoms with Crippen LogP contribution in [-0.2, 0) is 6.18 Å². The Labute approximate surface area is 160 Å². The van der Waals surface area contributed by atoms with Crippen LogP contribution in [0.1, 0.15) is 22.6 Å². The van der Waals surface area contributed by atoms with E-state index < -0.39 is 11.7 Å². The van der Waals surface area contributed by atoms with Gasteiger partial charge in [-0.05, 0) is 29.3 Å². The number of hydrogen-bond donors (Lipinski definition) is 1. The summed E-state index contributed by atoms with van der Waals surface area (Å²) in [5.41, 5.74) is 3.98. The first-order valence-corrected chi connectivity index (χ1v) is 8.59. The molecular formula is C21H16ClF3N2. The summed E-state index contributed by atoms with van der Waals surface area (Å²) in [6, 6.07) is 22.5. The number of nitrogens with one attached hydrogen (secondary N) is 1. The molecule has 0 bridgehead atoms. The molecule has 0 amide bonds. The first-order valence-electron chi connectivity index (χ1n) is 8.21. The molecule has 0 heterocycles. The molecule has 0 spiro atoms. The van der Waals surface area contributed by atoms with Gasteiger partial charge in [-0.2, -0.15) is 18.3 Å². The smallest absolute Gasteiger partial charge is 0.277 e. The maximum atomic E-state index is 12.9. The Bertz CT molecular complexity index is 870. The molecule has 2 nitrogen and oxygen atoms in total. The molecule has 0 aromatic heterocycles. The zero-order valence-corrected chi connectivity index (χ0v) is 14.9. The van der Waals surface area contributed by atoms with Gasteiger partial charge in [-0.1, -0.05) is 72.3 Å². The highest BCUT2D eigenvalue weighted by Crippen LogP contribution is 2.34. The van der Waals surface area contributed by atoms with Crippen LogP contribution >= 0.6 is 11.6 Å². The number of alkyl halides is 3. The highest BCUT2D eigenvalue weighted by Gasteiger charge is 2.30. The first-order chi connectivity index (χ1) is 12.9. The fraction of sp³-hybridized carbons (Fsp3) is 0.0952. The molecule has 0 saturated carbocycles. The zero-order valence-electron chi connectivity index (χ0n) is 14.1. The van der Waals surface area contributed by atoms with Gasteiger partial charge >= 0.3 is 6.18 Å². The van der Waals surface area contributed by atoms with Crippen molar-refractivity contribution in [2.45, 2.75) is 12.1 Å². The van der Waals surface area contributed by atoms with Crippen molar-refractivity contribution in [2.24, 2.45) is 5.10 Å². The molecule has 0 atom stereocenters. The van der Waals surface area contributed by atoms with E-state index in [2.05, 4.69) is 10.5 Å². The maximum Gasteiger partial charge on any atom is 0.416 e. The van der Waals surface area contributed by atoms with E-state index in [-0.39, 0.29) is 16.6 Å². The normalized spacial score (nSPS) is 11.9. The number of halogens is 4. The molecule has 0 aliphatic rings. The molecule has 0 aliphatic heterocycles. The number of nitrogens with zero attached hydrogens (tertiary/aromatic N) is 1. The summed E-state index contributed by atoms with van der Waals surface area (Å²) in [5.74, 6) is -0.149. The van der Waals surface area contributed by atoms with Crippen molar-refractivity contribution in [1.82, 2.24) is 0 Å². The third-order valence-electron chi connectivity index (χ3n) is 4.02. The second-order valence-corrected chi connectivity index (χ2v) is 6.29. The Kier molecular flexibility index (Phi) is 5.81. The quantitative estimate of drug-likeness (QED) is 0.387. The standard InChI is InChI=1S/C21H16ClF3N2/c22-19-12-11-17(21(23,24)25)13-20(19)27-26-14-18(15-7-3-1-4-8-15)16-9-5-2-6-10-16/h1-14,18,27H/b26-14-. The van der Waals surface area contributed by atoms with Crippen LogP contribution in [0.2, 0.25) is 5.02 Å². The van der Waals surface area contributed by atoms with Crippen molar-refractivity contribution >= 4 is 23.5 Å². The highest BCUT2D eigenvalue weighted by atomic mass is 35.5. The Morgan fingerprint density at radius 1 is 0.852 bits per heavy atom. The van der Waals surface area contributed by atoms with Gasteiger partial charge in [0, 0.05) is 12.1 Å². The van der Waals surface area contributed by atoms with Crippen molar-refractivity contribution in [3.05, 3.63) is 101 Å². The lowest BCUT2D eigenvalue weighted by Crippen LogP contribution is -2.06. The SMILES string of the molecule is FC(F)(F)c1ccc(Cl)c(N/N=C\C(c2ccccc2)c2ccccc2)c1. The number of anilines is 1. The molecule has 3 aromatic rings. The molecule has 0 aliphatic carbocycles. The van der Waals surface area contributed by atoms with Crippen LogP contribution in [0.25, 0.3) is 0 Å². The summed E-state index contributed by atoms with van der Waals surface area (Å²) < 4.78 is 38.7. The van der Waals surface area contributed by atoms with E-state index in [9.17, 15) is 13.2 Å². The number of hydrogen-bond acceptors (Lipinski definition) is 2. The summed E-state index contributed by atoms with van der Waals surface area (Å²) in [6.07, 6.45) is -2.79. The molecule has 6 heteroatoms. The minimum absolute atomic E-state index is 0.0996. The van der Waals surface area contributed by atoms with Gasteiger partial charge in [-0.25, -0.2) is 0 Å². The van der Waals surface area contributed by atoms with Gasteiger partial charge in [0.05, 0.1) is 16.3 Å². The van der Waals surface area contributed by atoms with Crippen LogP contribution < -0.4 is 5.43 Å². The molecule has 3 aromatic carbocycles. The van der Waals surface area contributed by atoms with Crippen LogP contribution in [0.4, 0.5) is 18.9 Å². The molecule has 0 saturated heterocycles. The van der Waals surface area contributed by atoms with Crippen molar-refractivity contribution in [2.75, 3.05) is 5.43 Å². The van der Waals surface area contributed by atoms with Gasteiger partial charge < -0.3 is 0 Å². The summed E-state index contributed by atoms with van der Waals surface area (Å²) in [4.78, 5) is 0. The second-order valence-electron chi connectivity index (χ2n) is 5.88. The molecule has 0 fully saturated rings. The van der Waals surface area contributed by atoms with E-state index in [1.54, 1.807) is 6.21 Å². The van der Waals surface area contributed by atoms with Crippen LogP contribution in [0, 0.1) is 0 Å². The Balaban J connectivity index is 1.86.